The predicted molar refractivity (Wildman–Crippen MR) is 80.6 cm³/mol. The van der Waals surface area contributed by atoms with Gasteiger partial charge in [-0.1, -0.05) is 17.7 Å². The molecule has 0 aliphatic rings. The van der Waals surface area contributed by atoms with E-state index in [2.05, 4.69) is 35.5 Å². The minimum absolute atomic E-state index is 0.371. The van der Waals surface area contributed by atoms with Gasteiger partial charge in [0.15, 0.2) is 0 Å². The molecule has 0 saturated carbocycles. The molecule has 2 nitrogen and oxygen atoms in total. The molecule has 0 fully saturated rings. The Labute approximate surface area is 117 Å². The molecule has 0 aliphatic carbocycles. The van der Waals surface area contributed by atoms with Crippen molar-refractivity contribution in [2.24, 2.45) is 0 Å². The van der Waals surface area contributed by atoms with Crippen molar-refractivity contribution >= 4 is 22.5 Å². The highest BCUT2D eigenvalue weighted by atomic mass is 35.5. The van der Waals surface area contributed by atoms with Crippen LogP contribution in [0.1, 0.15) is 19.9 Å². The van der Waals surface area contributed by atoms with Crippen LogP contribution in [0.3, 0.4) is 0 Å². The number of halogens is 1. The molecule has 0 N–H and O–H groups in total. The summed E-state index contributed by atoms with van der Waals surface area (Å²) in [5, 5.41) is 1.92. The van der Waals surface area contributed by atoms with Crippen molar-refractivity contribution in [2.75, 3.05) is 0 Å². The fraction of sp³-hybridized carbons (Fsp3) is 0.188. The zero-order valence-electron chi connectivity index (χ0n) is 11.0. The van der Waals surface area contributed by atoms with Crippen LogP contribution in [0, 0.1) is 0 Å². The molecule has 96 valence electrons. The van der Waals surface area contributed by atoms with Crippen LogP contribution in [-0.4, -0.2) is 9.55 Å². The summed E-state index contributed by atoms with van der Waals surface area (Å²) >= 11 is 6.08. The summed E-state index contributed by atoms with van der Waals surface area (Å²) in [5.41, 5.74) is 3.32. The summed E-state index contributed by atoms with van der Waals surface area (Å²) in [4.78, 5) is 4.46. The molecular weight excluding hydrogens is 256 g/mol. The highest BCUT2D eigenvalue weighted by Crippen LogP contribution is 2.31. The lowest BCUT2D eigenvalue weighted by Gasteiger charge is -2.14. The van der Waals surface area contributed by atoms with Gasteiger partial charge in [-0.2, -0.15) is 0 Å². The first-order chi connectivity index (χ1) is 9.16. The van der Waals surface area contributed by atoms with E-state index in [-0.39, 0.29) is 0 Å². The van der Waals surface area contributed by atoms with Gasteiger partial charge < -0.3 is 4.57 Å². The SMILES string of the molecule is CC(C)n1c(-c2ccccn2)cc2cc(Cl)ccc21. The molecule has 0 aliphatic heterocycles. The monoisotopic (exact) mass is 270 g/mol. The van der Waals surface area contributed by atoms with Crippen LogP contribution in [0.4, 0.5) is 0 Å². The molecule has 19 heavy (non-hydrogen) atoms. The molecule has 0 atom stereocenters. The smallest absolute Gasteiger partial charge is 0.0866 e. The summed E-state index contributed by atoms with van der Waals surface area (Å²) in [6.45, 7) is 4.36. The lowest BCUT2D eigenvalue weighted by molar-refractivity contribution is 0.628. The molecule has 3 heteroatoms. The van der Waals surface area contributed by atoms with E-state index in [4.69, 9.17) is 11.6 Å². The molecule has 3 aromatic rings. The third-order valence-electron chi connectivity index (χ3n) is 3.24. The van der Waals surface area contributed by atoms with Gasteiger partial charge in [0, 0.05) is 28.2 Å². The maximum atomic E-state index is 6.08. The fourth-order valence-electron chi connectivity index (χ4n) is 2.47. The molecule has 2 aromatic heterocycles. The summed E-state index contributed by atoms with van der Waals surface area (Å²) < 4.78 is 2.30. The molecule has 2 heterocycles. The van der Waals surface area contributed by atoms with Gasteiger partial charge in [-0.25, -0.2) is 0 Å². The Morgan fingerprint density at radius 1 is 1.11 bits per heavy atom. The molecule has 1 aromatic carbocycles. The van der Waals surface area contributed by atoms with Crippen LogP contribution in [0.15, 0.2) is 48.7 Å². The minimum Gasteiger partial charge on any atom is -0.337 e. The first-order valence-corrected chi connectivity index (χ1v) is 6.76. The van der Waals surface area contributed by atoms with E-state index in [0.717, 1.165) is 21.8 Å². The third kappa shape index (κ3) is 2.13. The molecule has 0 saturated heterocycles. The van der Waals surface area contributed by atoms with Gasteiger partial charge in [0.25, 0.3) is 0 Å². The van der Waals surface area contributed by atoms with E-state index in [1.165, 1.54) is 5.52 Å². The van der Waals surface area contributed by atoms with Crippen molar-refractivity contribution in [3.63, 3.8) is 0 Å². The van der Waals surface area contributed by atoms with Gasteiger partial charge in [-0.15, -0.1) is 0 Å². The molecule has 0 unspecified atom stereocenters. The summed E-state index contributed by atoms with van der Waals surface area (Å²) in [5.74, 6) is 0. The molecule has 0 radical (unpaired) electrons. The third-order valence-corrected chi connectivity index (χ3v) is 3.48. The van der Waals surface area contributed by atoms with Crippen LogP contribution in [0.25, 0.3) is 22.3 Å². The van der Waals surface area contributed by atoms with Gasteiger partial charge in [-0.05, 0) is 50.2 Å². The molecule has 0 amide bonds. The number of benzene rings is 1. The van der Waals surface area contributed by atoms with Crippen molar-refractivity contribution in [3.05, 3.63) is 53.7 Å². The summed E-state index contributed by atoms with van der Waals surface area (Å²) in [6, 6.07) is 14.5. The van der Waals surface area contributed by atoms with Gasteiger partial charge >= 0.3 is 0 Å². The maximum Gasteiger partial charge on any atom is 0.0866 e. The van der Waals surface area contributed by atoms with Gasteiger partial charge in [0.2, 0.25) is 0 Å². The van der Waals surface area contributed by atoms with E-state index in [1.807, 2.05) is 36.5 Å². The Kier molecular flexibility index (Phi) is 3.03. The van der Waals surface area contributed by atoms with Crippen molar-refractivity contribution in [1.82, 2.24) is 9.55 Å². The number of nitrogens with zero attached hydrogens (tertiary/aromatic N) is 2. The van der Waals surface area contributed by atoms with Crippen LogP contribution < -0.4 is 0 Å². The Morgan fingerprint density at radius 3 is 2.63 bits per heavy atom. The Bertz CT molecular complexity index is 714. The van der Waals surface area contributed by atoms with E-state index in [1.54, 1.807) is 0 Å². The average molecular weight is 271 g/mol. The Morgan fingerprint density at radius 2 is 1.95 bits per heavy atom. The second-order valence-electron chi connectivity index (χ2n) is 4.91. The second kappa shape index (κ2) is 4.71. The topological polar surface area (TPSA) is 17.8 Å². The molecular formula is C16H15ClN2. The zero-order chi connectivity index (χ0) is 13.4. The van der Waals surface area contributed by atoms with Gasteiger partial charge in [0.1, 0.15) is 0 Å². The predicted octanol–water partition coefficient (Wildman–Crippen LogP) is 4.94. The van der Waals surface area contributed by atoms with Crippen molar-refractivity contribution in [3.8, 4) is 11.4 Å². The Balaban J connectivity index is 2.32. The van der Waals surface area contributed by atoms with Crippen molar-refractivity contribution in [2.45, 2.75) is 19.9 Å². The fourth-order valence-corrected chi connectivity index (χ4v) is 2.66. The lowest BCUT2D eigenvalue weighted by atomic mass is 10.2. The second-order valence-corrected chi connectivity index (χ2v) is 5.35. The molecule has 0 bridgehead atoms. The average Bonchev–Trinajstić information content (AvgIpc) is 2.78. The number of hydrogen-bond acceptors (Lipinski definition) is 1. The van der Waals surface area contributed by atoms with Crippen molar-refractivity contribution in [1.29, 1.82) is 0 Å². The van der Waals surface area contributed by atoms with Crippen LogP contribution in [0.5, 0.6) is 0 Å². The van der Waals surface area contributed by atoms with E-state index in [0.29, 0.717) is 6.04 Å². The minimum atomic E-state index is 0.371. The van der Waals surface area contributed by atoms with E-state index < -0.39 is 0 Å². The number of aromatic nitrogens is 2. The summed E-state index contributed by atoms with van der Waals surface area (Å²) in [7, 11) is 0. The standard InChI is InChI=1S/C16H15ClN2/c1-11(2)19-15-7-6-13(17)9-12(15)10-16(19)14-5-3-4-8-18-14/h3-11H,1-2H3. The van der Waals surface area contributed by atoms with E-state index >= 15 is 0 Å². The van der Waals surface area contributed by atoms with Crippen molar-refractivity contribution < 1.29 is 0 Å². The zero-order valence-corrected chi connectivity index (χ0v) is 11.7. The molecule has 3 rings (SSSR count). The number of fused-ring (bicyclic) bond motifs is 1. The lowest BCUT2D eigenvalue weighted by Crippen LogP contribution is -2.02. The Hall–Kier alpha value is -1.80. The number of pyridine rings is 1. The van der Waals surface area contributed by atoms with Crippen LogP contribution in [-0.2, 0) is 0 Å². The van der Waals surface area contributed by atoms with E-state index in [9.17, 15) is 0 Å². The molecule has 0 spiro atoms. The van der Waals surface area contributed by atoms with Crippen LogP contribution >= 0.6 is 11.6 Å². The van der Waals surface area contributed by atoms with Gasteiger partial charge in [0.05, 0.1) is 11.4 Å². The maximum absolute atomic E-state index is 6.08. The largest absolute Gasteiger partial charge is 0.337 e. The first kappa shape index (κ1) is 12.2. The highest BCUT2D eigenvalue weighted by Gasteiger charge is 2.13. The number of hydrogen-bond donors (Lipinski definition) is 0. The quantitative estimate of drug-likeness (QED) is 0.645. The summed E-state index contributed by atoms with van der Waals surface area (Å²) in [6.07, 6.45) is 1.82. The van der Waals surface area contributed by atoms with Gasteiger partial charge in [-0.3, -0.25) is 4.98 Å². The normalized spacial score (nSPS) is 11.4. The first-order valence-electron chi connectivity index (χ1n) is 6.38. The van der Waals surface area contributed by atoms with Crippen LogP contribution in [0.2, 0.25) is 5.02 Å². The number of rotatable bonds is 2. The highest BCUT2D eigenvalue weighted by molar-refractivity contribution is 6.31.